The van der Waals surface area contributed by atoms with Crippen molar-refractivity contribution in [1.29, 1.82) is 0 Å². The van der Waals surface area contributed by atoms with E-state index in [0.29, 0.717) is 18.0 Å². The zero-order valence-corrected chi connectivity index (χ0v) is 13.2. The molecule has 0 atom stereocenters. The van der Waals surface area contributed by atoms with Gasteiger partial charge in [0.15, 0.2) is 0 Å². The predicted molar refractivity (Wildman–Crippen MR) is 91.5 cm³/mol. The molecule has 0 saturated carbocycles. The number of ether oxygens (including phenoxy) is 1. The highest BCUT2D eigenvalue weighted by Gasteiger charge is 2.16. The molecular weight excluding hydrogens is 324 g/mol. The Balaban J connectivity index is 1.63. The van der Waals surface area contributed by atoms with E-state index in [1.165, 1.54) is 6.07 Å². The number of benzene rings is 3. The van der Waals surface area contributed by atoms with Crippen molar-refractivity contribution in [3.8, 4) is 5.75 Å². The third-order valence-electron chi connectivity index (χ3n) is 3.55. The van der Waals surface area contributed by atoms with Gasteiger partial charge in [-0.15, -0.1) is 0 Å². The lowest BCUT2D eigenvalue weighted by Crippen LogP contribution is -2.15. The number of hydrogen-bond donors (Lipinski definition) is 1. The fourth-order valence-electron chi connectivity index (χ4n) is 2.28. The molecule has 5 heteroatoms. The van der Waals surface area contributed by atoms with Crippen molar-refractivity contribution in [2.75, 3.05) is 5.32 Å². The largest absolute Gasteiger partial charge is 0.489 e. The first-order valence-corrected chi connectivity index (χ1v) is 7.65. The number of rotatable bonds is 5. The number of halogens is 2. The first-order valence-electron chi connectivity index (χ1n) is 7.65. The second-order valence-electron chi connectivity index (χ2n) is 5.35. The molecule has 0 aliphatic heterocycles. The Morgan fingerprint density at radius 2 is 1.48 bits per heavy atom. The van der Waals surface area contributed by atoms with Gasteiger partial charge >= 0.3 is 0 Å². The van der Waals surface area contributed by atoms with E-state index in [2.05, 4.69) is 5.32 Å². The highest BCUT2D eigenvalue weighted by atomic mass is 19.1. The third-order valence-corrected chi connectivity index (χ3v) is 3.55. The number of carbonyl (C=O) groups excluding carboxylic acids is 1. The number of amides is 1. The Kier molecular flexibility index (Phi) is 5.04. The third kappa shape index (κ3) is 4.20. The molecule has 126 valence electrons. The summed E-state index contributed by atoms with van der Waals surface area (Å²) in [4.78, 5) is 12.0. The molecule has 0 aromatic heterocycles. The van der Waals surface area contributed by atoms with Crippen molar-refractivity contribution in [3.05, 3.63) is 95.6 Å². The van der Waals surface area contributed by atoms with Crippen molar-refractivity contribution in [2.45, 2.75) is 6.61 Å². The van der Waals surface area contributed by atoms with Crippen LogP contribution in [0.15, 0.2) is 72.8 Å². The van der Waals surface area contributed by atoms with Gasteiger partial charge in [0.05, 0.1) is 0 Å². The minimum atomic E-state index is -0.902. The Hall–Kier alpha value is -3.21. The number of nitrogens with one attached hydrogen (secondary N) is 1. The summed E-state index contributed by atoms with van der Waals surface area (Å²) in [7, 11) is 0. The van der Waals surface area contributed by atoms with E-state index in [4.69, 9.17) is 4.74 Å². The van der Waals surface area contributed by atoms with Crippen LogP contribution >= 0.6 is 0 Å². The molecule has 0 aliphatic carbocycles. The van der Waals surface area contributed by atoms with Crippen LogP contribution in [0.25, 0.3) is 0 Å². The standard InChI is InChI=1S/C20H15F2NO2/c21-17-7-4-8-18(22)19(17)20(24)23-15-9-11-16(12-10-15)25-13-14-5-2-1-3-6-14/h1-12H,13H2,(H,23,24). The van der Waals surface area contributed by atoms with Crippen LogP contribution in [0.1, 0.15) is 15.9 Å². The molecule has 3 rings (SSSR count). The lowest BCUT2D eigenvalue weighted by Gasteiger charge is -2.09. The maximum atomic E-state index is 13.6. The molecule has 3 nitrogen and oxygen atoms in total. The van der Waals surface area contributed by atoms with Crippen LogP contribution < -0.4 is 10.1 Å². The molecule has 0 aliphatic rings. The van der Waals surface area contributed by atoms with Gasteiger partial charge < -0.3 is 10.1 Å². The summed E-state index contributed by atoms with van der Waals surface area (Å²) in [5.41, 5.74) is 0.849. The van der Waals surface area contributed by atoms with Gasteiger partial charge in [-0.2, -0.15) is 0 Å². The van der Waals surface area contributed by atoms with Gasteiger partial charge in [-0.05, 0) is 42.0 Å². The van der Waals surface area contributed by atoms with Gasteiger partial charge in [-0.1, -0.05) is 36.4 Å². The lowest BCUT2D eigenvalue weighted by atomic mass is 10.1. The summed E-state index contributed by atoms with van der Waals surface area (Å²) >= 11 is 0. The first kappa shape index (κ1) is 16.6. The van der Waals surface area contributed by atoms with Crippen LogP contribution in [0.3, 0.4) is 0 Å². The quantitative estimate of drug-likeness (QED) is 0.725. The second kappa shape index (κ2) is 7.57. The van der Waals surface area contributed by atoms with Crippen LogP contribution in [0, 0.1) is 11.6 Å². The van der Waals surface area contributed by atoms with E-state index in [1.807, 2.05) is 30.3 Å². The van der Waals surface area contributed by atoms with Crippen LogP contribution in [0.2, 0.25) is 0 Å². The predicted octanol–water partition coefficient (Wildman–Crippen LogP) is 4.80. The van der Waals surface area contributed by atoms with E-state index in [-0.39, 0.29) is 0 Å². The first-order chi connectivity index (χ1) is 12.1. The summed E-state index contributed by atoms with van der Waals surface area (Å²) in [5, 5.41) is 2.47. The lowest BCUT2D eigenvalue weighted by molar-refractivity contribution is 0.101. The minimum Gasteiger partial charge on any atom is -0.489 e. The Labute approximate surface area is 143 Å². The van der Waals surface area contributed by atoms with Gasteiger partial charge in [0, 0.05) is 5.69 Å². The molecule has 3 aromatic carbocycles. The summed E-state index contributed by atoms with van der Waals surface area (Å²) < 4.78 is 32.9. The highest BCUT2D eigenvalue weighted by molar-refractivity contribution is 6.04. The van der Waals surface area contributed by atoms with E-state index in [0.717, 1.165) is 17.7 Å². The zero-order chi connectivity index (χ0) is 17.6. The monoisotopic (exact) mass is 339 g/mol. The van der Waals surface area contributed by atoms with Gasteiger partial charge in [0.2, 0.25) is 0 Å². The van der Waals surface area contributed by atoms with Crippen molar-refractivity contribution in [3.63, 3.8) is 0 Å². The molecule has 1 N–H and O–H groups in total. The number of anilines is 1. The number of carbonyl (C=O) groups is 1. The van der Waals surface area contributed by atoms with Crippen molar-refractivity contribution in [2.24, 2.45) is 0 Å². The summed E-state index contributed by atoms with van der Waals surface area (Å²) in [6.07, 6.45) is 0. The van der Waals surface area contributed by atoms with Crippen molar-refractivity contribution < 1.29 is 18.3 Å². The van der Waals surface area contributed by atoms with Gasteiger partial charge in [-0.25, -0.2) is 8.78 Å². The molecule has 0 bridgehead atoms. The molecule has 0 unspecified atom stereocenters. The molecule has 3 aromatic rings. The molecule has 25 heavy (non-hydrogen) atoms. The van der Waals surface area contributed by atoms with Gasteiger partial charge in [0.25, 0.3) is 5.91 Å². The molecule has 0 radical (unpaired) electrons. The second-order valence-corrected chi connectivity index (χ2v) is 5.35. The minimum absolute atomic E-state index is 0.416. The molecule has 0 fully saturated rings. The Morgan fingerprint density at radius 3 is 2.12 bits per heavy atom. The molecule has 0 heterocycles. The number of hydrogen-bond acceptors (Lipinski definition) is 2. The molecule has 0 saturated heterocycles. The van der Waals surface area contributed by atoms with Gasteiger partial charge in [0.1, 0.15) is 29.6 Å². The molecule has 1 amide bonds. The highest BCUT2D eigenvalue weighted by Crippen LogP contribution is 2.19. The molecular formula is C20H15F2NO2. The summed E-state index contributed by atoms with van der Waals surface area (Å²) in [6, 6.07) is 19.6. The normalized spacial score (nSPS) is 10.3. The van der Waals surface area contributed by atoms with Crippen LogP contribution in [0.4, 0.5) is 14.5 Å². The van der Waals surface area contributed by atoms with E-state index in [1.54, 1.807) is 24.3 Å². The van der Waals surface area contributed by atoms with E-state index >= 15 is 0 Å². The smallest absolute Gasteiger partial charge is 0.261 e. The fourth-order valence-corrected chi connectivity index (χ4v) is 2.28. The van der Waals surface area contributed by atoms with E-state index < -0.39 is 23.1 Å². The summed E-state index contributed by atoms with van der Waals surface area (Å²) in [6.45, 7) is 0.424. The fraction of sp³-hybridized carbons (Fsp3) is 0.0500. The topological polar surface area (TPSA) is 38.3 Å². The maximum absolute atomic E-state index is 13.6. The average molecular weight is 339 g/mol. The van der Waals surface area contributed by atoms with Crippen molar-refractivity contribution in [1.82, 2.24) is 0 Å². The Bertz CT molecular complexity index is 844. The van der Waals surface area contributed by atoms with Gasteiger partial charge in [-0.3, -0.25) is 4.79 Å². The average Bonchev–Trinajstić information content (AvgIpc) is 2.62. The van der Waals surface area contributed by atoms with Crippen LogP contribution in [-0.4, -0.2) is 5.91 Å². The van der Waals surface area contributed by atoms with Crippen LogP contribution in [-0.2, 0) is 6.61 Å². The SMILES string of the molecule is O=C(Nc1ccc(OCc2ccccc2)cc1)c1c(F)cccc1F. The van der Waals surface area contributed by atoms with E-state index in [9.17, 15) is 13.6 Å². The molecule has 0 spiro atoms. The maximum Gasteiger partial charge on any atom is 0.261 e. The summed E-state index contributed by atoms with van der Waals surface area (Å²) in [5.74, 6) is -2.02. The zero-order valence-electron chi connectivity index (χ0n) is 13.2. The Morgan fingerprint density at radius 1 is 0.840 bits per heavy atom. The van der Waals surface area contributed by atoms with Crippen LogP contribution in [0.5, 0.6) is 5.75 Å². The van der Waals surface area contributed by atoms with Crippen molar-refractivity contribution >= 4 is 11.6 Å².